The van der Waals surface area contributed by atoms with Crippen LogP contribution in [0, 0.1) is 0 Å². The molecule has 0 aliphatic carbocycles. The highest BCUT2D eigenvalue weighted by molar-refractivity contribution is 7.93. The van der Waals surface area contributed by atoms with Crippen LogP contribution in [-0.2, 0) is 25.6 Å². The number of H-pyrrole nitrogens is 1. The number of aromatic amines is 1. The number of nitrogens with one attached hydrogen (secondary N) is 1. The van der Waals surface area contributed by atoms with Crippen molar-refractivity contribution in [2.45, 2.75) is 10.6 Å². The Balaban J connectivity index is 1.79. The first-order valence-electron chi connectivity index (χ1n) is 8.41. The summed E-state index contributed by atoms with van der Waals surface area (Å²) in [6, 6.07) is 8.77. The van der Waals surface area contributed by atoms with E-state index in [1.54, 1.807) is 23.7 Å². The van der Waals surface area contributed by atoms with Crippen molar-refractivity contribution in [1.29, 1.82) is 0 Å². The Morgan fingerprint density at radius 1 is 1.10 bits per heavy atom. The molecule has 1 aromatic carbocycles. The molecule has 0 saturated heterocycles. The van der Waals surface area contributed by atoms with Gasteiger partial charge in [0.1, 0.15) is 9.90 Å². The quantitative estimate of drug-likeness (QED) is 0.466. The number of hydrogen-bond donors (Lipinski definition) is 1. The zero-order chi connectivity index (χ0) is 20.8. The fourth-order valence-corrected chi connectivity index (χ4v) is 7.71. The minimum atomic E-state index is -3.94. The Hall–Kier alpha value is -2.21. The molecule has 3 heterocycles. The molecule has 0 fully saturated rings. The predicted molar refractivity (Wildman–Crippen MR) is 118 cm³/mol. The monoisotopic (exact) mass is 467 g/mol. The number of rotatable bonds is 6. The number of benzene rings is 1. The van der Waals surface area contributed by atoms with Gasteiger partial charge in [0.25, 0.3) is 10.0 Å². The van der Waals surface area contributed by atoms with Crippen LogP contribution in [0.1, 0.15) is 4.88 Å². The van der Waals surface area contributed by atoms with Crippen LogP contribution >= 0.6 is 22.7 Å². The maximum absolute atomic E-state index is 13.3. The molecule has 0 radical (unpaired) electrons. The molecule has 29 heavy (non-hydrogen) atoms. The Morgan fingerprint density at radius 3 is 2.59 bits per heavy atom. The van der Waals surface area contributed by atoms with Gasteiger partial charge in [-0.3, -0.25) is 4.31 Å². The first kappa shape index (κ1) is 20.1. The van der Waals surface area contributed by atoms with Crippen LogP contribution in [0.3, 0.4) is 0 Å². The Kier molecular flexibility index (Phi) is 5.01. The molecule has 152 valence electrons. The van der Waals surface area contributed by atoms with E-state index in [-0.39, 0.29) is 10.6 Å². The second-order valence-electron chi connectivity index (χ2n) is 6.51. The summed E-state index contributed by atoms with van der Waals surface area (Å²) in [4.78, 5) is 7.88. The van der Waals surface area contributed by atoms with Gasteiger partial charge in [0, 0.05) is 35.1 Å². The number of sulfonamides is 1. The number of anilines is 1. The lowest BCUT2D eigenvalue weighted by Crippen LogP contribution is -2.27. The van der Waals surface area contributed by atoms with E-state index in [9.17, 15) is 16.8 Å². The third-order valence-electron chi connectivity index (χ3n) is 4.37. The molecular weight excluding hydrogens is 450 g/mol. The Bertz CT molecular complexity index is 1380. The number of fused-ring (bicyclic) bond motifs is 1. The molecule has 1 N–H and O–H groups in total. The number of nitrogens with zero attached hydrogens (tertiary/aromatic N) is 2. The summed E-state index contributed by atoms with van der Waals surface area (Å²) in [5.41, 5.74) is 1.95. The van der Waals surface area contributed by atoms with Crippen molar-refractivity contribution in [3.63, 3.8) is 0 Å². The van der Waals surface area contributed by atoms with Crippen molar-refractivity contribution < 1.29 is 16.8 Å². The molecule has 0 atom stereocenters. The molecule has 4 rings (SSSR count). The molecule has 0 unspecified atom stereocenters. The minimum Gasteiger partial charge on any atom is -0.351 e. The van der Waals surface area contributed by atoms with E-state index in [1.165, 1.54) is 28.8 Å². The second kappa shape index (κ2) is 7.24. The standard InChI is InChI=1S/C18H17N3O4S4/c1-21(29(24,25)16-6-8-26-15(16)11-28(2,22)23)14-5-3-4-12-10-13(20-17(12)14)18-19-7-9-27-18/h3-10,20H,11H2,1-2H3. The van der Waals surface area contributed by atoms with E-state index in [1.807, 2.05) is 17.5 Å². The highest BCUT2D eigenvalue weighted by Crippen LogP contribution is 2.35. The summed E-state index contributed by atoms with van der Waals surface area (Å²) >= 11 is 2.61. The summed E-state index contributed by atoms with van der Waals surface area (Å²) in [5.74, 6) is -0.312. The topological polar surface area (TPSA) is 100 Å². The maximum Gasteiger partial charge on any atom is 0.265 e. The number of aromatic nitrogens is 2. The van der Waals surface area contributed by atoms with Gasteiger partial charge in [-0.2, -0.15) is 0 Å². The minimum absolute atomic E-state index is 0.0131. The molecule has 0 bridgehead atoms. The van der Waals surface area contributed by atoms with Gasteiger partial charge in [0.05, 0.1) is 22.7 Å². The van der Waals surface area contributed by atoms with Crippen molar-refractivity contribution in [3.8, 4) is 10.7 Å². The fourth-order valence-electron chi connectivity index (χ4n) is 3.05. The van der Waals surface area contributed by atoms with E-state index in [2.05, 4.69) is 9.97 Å². The summed E-state index contributed by atoms with van der Waals surface area (Å²) in [5, 5.41) is 5.14. The summed E-state index contributed by atoms with van der Waals surface area (Å²) in [7, 11) is -5.83. The number of sulfone groups is 1. The van der Waals surface area contributed by atoms with Crippen LogP contribution in [0.15, 0.2) is 52.2 Å². The maximum atomic E-state index is 13.3. The van der Waals surface area contributed by atoms with Crippen molar-refractivity contribution in [1.82, 2.24) is 9.97 Å². The lowest BCUT2D eigenvalue weighted by atomic mass is 10.2. The fraction of sp³-hybridized carbons (Fsp3) is 0.167. The van der Waals surface area contributed by atoms with E-state index >= 15 is 0 Å². The van der Waals surface area contributed by atoms with Gasteiger partial charge in [-0.1, -0.05) is 12.1 Å². The average molecular weight is 468 g/mol. The largest absolute Gasteiger partial charge is 0.351 e. The van der Waals surface area contributed by atoms with Crippen LogP contribution in [0.5, 0.6) is 0 Å². The van der Waals surface area contributed by atoms with Gasteiger partial charge in [0.2, 0.25) is 0 Å². The predicted octanol–water partition coefficient (Wildman–Crippen LogP) is 3.72. The third-order valence-corrected chi connectivity index (χ3v) is 9.08. The SMILES string of the molecule is CN(c1cccc2cc(-c3nccs3)[nH]c12)S(=O)(=O)c1ccsc1CS(C)(=O)=O. The molecule has 3 aromatic heterocycles. The van der Waals surface area contributed by atoms with Crippen LogP contribution in [0.2, 0.25) is 0 Å². The van der Waals surface area contributed by atoms with Crippen molar-refractivity contribution in [3.05, 3.63) is 52.2 Å². The van der Waals surface area contributed by atoms with Crippen molar-refractivity contribution in [2.24, 2.45) is 0 Å². The summed E-state index contributed by atoms with van der Waals surface area (Å²) < 4.78 is 51.2. The summed E-state index contributed by atoms with van der Waals surface area (Å²) in [6.07, 6.45) is 2.80. The van der Waals surface area contributed by atoms with E-state index < -0.39 is 19.9 Å². The number of hydrogen-bond acceptors (Lipinski definition) is 7. The third kappa shape index (κ3) is 3.82. The number of para-hydroxylation sites is 1. The smallest absolute Gasteiger partial charge is 0.265 e. The first-order valence-corrected chi connectivity index (χ1v) is 13.7. The normalized spacial score (nSPS) is 12.5. The molecule has 11 heteroatoms. The zero-order valence-corrected chi connectivity index (χ0v) is 18.8. The second-order valence-corrected chi connectivity index (χ2v) is 12.5. The van der Waals surface area contributed by atoms with Crippen LogP contribution in [-0.4, -0.2) is 40.1 Å². The molecular formula is C18H17N3O4S4. The van der Waals surface area contributed by atoms with Gasteiger partial charge >= 0.3 is 0 Å². The van der Waals surface area contributed by atoms with Gasteiger partial charge in [-0.25, -0.2) is 21.8 Å². The number of thiophene rings is 1. The lowest BCUT2D eigenvalue weighted by Gasteiger charge is -2.20. The molecule has 0 aliphatic heterocycles. The Morgan fingerprint density at radius 2 is 1.90 bits per heavy atom. The molecule has 0 spiro atoms. The van der Waals surface area contributed by atoms with Crippen LogP contribution in [0.4, 0.5) is 5.69 Å². The van der Waals surface area contributed by atoms with Crippen molar-refractivity contribution >= 4 is 59.1 Å². The molecule has 0 saturated carbocycles. The van der Waals surface area contributed by atoms with E-state index in [4.69, 9.17) is 0 Å². The molecule has 0 amide bonds. The lowest BCUT2D eigenvalue weighted by molar-refractivity contribution is 0.594. The molecule has 4 aromatic rings. The van der Waals surface area contributed by atoms with E-state index in [0.29, 0.717) is 16.1 Å². The van der Waals surface area contributed by atoms with Gasteiger partial charge < -0.3 is 4.98 Å². The number of thiazole rings is 1. The highest BCUT2D eigenvalue weighted by atomic mass is 32.2. The van der Waals surface area contributed by atoms with Gasteiger partial charge in [-0.15, -0.1) is 22.7 Å². The first-order chi connectivity index (χ1) is 13.7. The van der Waals surface area contributed by atoms with Crippen molar-refractivity contribution in [2.75, 3.05) is 17.6 Å². The average Bonchev–Trinajstić information content (AvgIpc) is 3.38. The van der Waals surface area contributed by atoms with E-state index in [0.717, 1.165) is 33.7 Å². The van der Waals surface area contributed by atoms with Crippen LogP contribution in [0.25, 0.3) is 21.6 Å². The zero-order valence-electron chi connectivity index (χ0n) is 15.5. The summed E-state index contributed by atoms with van der Waals surface area (Å²) in [6.45, 7) is 0. The van der Waals surface area contributed by atoms with Crippen LogP contribution < -0.4 is 4.31 Å². The van der Waals surface area contributed by atoms with Gasteiger partial charge in [0.15, 0.2) is 9.84 Å². The highest BCUT2D eigenvalue weighted by Gasteiger charge is 2.28. The molecule has 7 nitrogen and oxygen atoms in total. The van der Waals surface area contributed by atoms with Gasteiger partial charge in [-0.05, 0) is 23.6 Å². The Labute approximate surface area is 176 Å². The molecule has 0 aliphatic rings.